The van der Waals surface area contributed by atoms with E-state index in [2.05, 4.69) is 13.2 Å². The van der Waals surface area contributed by atoms with Gasteiger partial charge < -0.3 is 19.7 Å². The summed E-state index contributed by atoms with van der Waals surface area (Å²) < 4.78 is 9.88. The minimum absolute atomic E-state index is 0.263. The first kappa shape index (κ1) is 22.3. The minimum Gasteiger partial charge on any atom is -0.462 e. The molecule has 0 unspecified atom stereocenters. The highest BCUT2D eigenvalue weighted by molar-refractivity contribution is 5.88. The van der Waals surface area contributed by atoms with Gasteiger partial charge in [0.2, 0.25) is 0 Å². The third-order valence-corrected chi connectivity index (χ3v) is 3.43. The molecule has 0 heterocycles. The maximum atomic E-state index is 11.2. The Hall–Kier alpha value is -1.66. The van der Waals surface area contributed by atoms with Crippen molar-refractivity contribution in [1.29, 1.82) is 0 Å². The second kappa shape index (κ2) is 13.7. The fourth-order valence-corrected chi connectivity index (χ4v) is 1.92. The molecule has 0 rings (SSSR count). The summed E-state index contributed by atoms with van der Waals surface area (Å²) in [6.07, 6.45) is 6.15. The molecule has 138 valence electrons. The summed E-state index contributed by atoms with van der Waals surface area (Å²) in [5, 5.41) is 17.5. The van der Waals surface area contributed by atoms with E-state index in [1.54, 1.807) is 6.92 Å². The molecule has 0 saturated heterocycles. The van der Waals surface area contributed by atoms with Gasteiger partial charge in [0.1, 0.15) is 0 Å². The highest BCUT2D eigenvalue weighted by Gasteiger charge is 2.14. The summed E-state index contributed by atoms with van der Waals surface area (Å²) in [5.74, 6) is -1.09. The van der Waals surface area contributed by atoms with Crippen LogP contribution in [-0.2, 0) is 19.1 Å². The molecule has 0 aliphatic rings. The number of aliphatic hydroxyl groups is 2. The maximum Gasteiger partial charge on any atom is 0.338 e. The largest absolute Gasteiger partial charge is 0.462 e. The van der Waals surface area contributed by atoms with Crippen LogP contribution < -0.4 is 0 Å². The highest BCUT2D eigenvalue weighted by atomic mass is 16.5. The lowest BCUT2D eigenvalue weighted by atomic mass is 10.1. The van der Waals surface area contributed by atoms with E-state index in [1.807, 2.05) is 0 Å². The third-order valence-electron chi connectivity index (χ3n) is 3.43. The molecule has 0 amide bonds. The number of unbranched alkanes of at least 4 members (excludes halogenated alkanes) is 7. The summed E-state index contributed by atoms with van der Waals surface area (Å²) in [6, 6.07) is 0. The predicted molar refractivity (Wildman–Crippen MR) is 91.0 cm³/mol. The van der Waals surface area contributed by atoms with Crippen molar-refractivity contribution in [2.45, 2.75) is 64.6 Å². The summed E-state index contributed by atoms with van der Waals surface area (Å²) in [7, 11) is 0. The zero-order valence-corrected chi connectivity index (χ0v) is 14.6. The Kier molecular flexibility index (Phi) is 12.8. The first-order valence-electron chi connectivity index (χ1n) is 8.41. The molecule has 0 aromatic heterocycles. The van der Waals surface area contributed by atoms with Crippen molar-refractivity contribution < 1.29 is 29.3 Å². The van der Waals surface area contributed by atoms with Gasteiger partial charge in [0.25, 0.3) is 0 Å². The number of hydrogen-bond acceptors (Lipinski definition) is 6. The molecule has 6 nitrogen and oxygen atoms in total. The normalized spacial score (nSPS) is 10.5. The Morgan fingerprint density at radius 2 is 1.17 bits per heavy atom. The molecule has 0 spiro atoms. The molecule has 6 heteroatoms. The second-order valence-corrected chi connectivity index (χ2v) is 5.78. The lowest BCUT2D eigenvalue weighted by Gasteiger charge is -2.08. The van der Waals surface area contributed by atoms with Crippen LogP contribution in [0.25, 0.3) is 0 Å². The van der Waals surface area contributed by atoms with Crippen molar-refractivity contribution in [3.63, 3.8) is 0 Å². The Morgan fingerprint density at radius 1 is 0.792 bits per heavy atom. The number of rotatable bonds is 14. The number of carbonyl (C=O) groups is 2. The number of ether oxygens (including phenoxy) is 2. The molecule has 0 aliphatic heterocycles. The molecule has 0 saturated carbocycles. The maximum absolute atomic E-state index is 11.2. The van der Waals surface area contributed by atoms with Crippen LogP contribution in [0.5, 0.6) is 0 Å². The molecule has 0 aromatic carbocycles. The minimum atomic E-state index is -1.86. The highest BCUT2D eigenvalue weighted by Crippen LogP contribution is 2.09. The Morgan fingerprint density at radius 3 is 1.54 bits per heavy atom. The standard InChI is InChI=1S/C18H30O6/c1-14(2)17(21)23-12-10-8-6-4-5-7-9-11-13-24-18(22)15(3)16(19)20/h16,19-20H,1,3-13H2,2H3. The number of aliphatic hydroxyl groups excluding tert-OH is 1. The van der Waals surface area contributed by atoms with E-state index < -0.39 is 12.3 Å². The summed E-state index contributed by atoms with van der Waals surface area (Å²) in [6.45, 7) is 9.10. The second-order valence-electron chi connectivity index (χ2n) is 5.78. The Bertz CT molecular complexity index is 414. The molecule has 0 radical (unpaired) electrons. The summed E-state index contributed by atoms with van der Waals surface area (Å²) >= 11 is 0. The summed E-state index contributed by atoms with van der Waals surface area (Å²) in [4.78, 5) is 22.4. The van der Waals surface area contributed by atoms with Crippen LogP contribution in [0.2, 0.25) is 0 Å². The van der Waals surface area contributed by atoms with Gasteiger partial charge in [-0.2, -0.15) is 0 Å². The molecule has 2 N–H and O–H groups in total. The van der Waals surface area contributed by atoms with Crippen molar-refractivity contribution in [1.82, 2.24) is 0 Å². The van der Waals surface area contributed by atoms with E-state index in [0.717, 1.165) is 51.4 Å². The number of hydrogen-bond donors (Lipinski definition) is 2. The van der Waals surface area contributed by atoms with Crippen LogP contribution in [0, 0.1) is 0 Å². The van der Waals surface area contributed by atoms with Gasteiger partial charge >= 0.3 is 11.9 Å². The smallest absolute Gasteiger partial charge is 0.338 e. The molecule has 0 aliphatic carbocycles. The average molecular weight is 342 g/mol. The lowest BCUT2D eigenvalue weighted by molar-refractivity contribution is -0.143. The van der Waals surface area contributed by atoms with Gasteiger partial charge in [-0.1, -0.05) is 51.7 Å². The quantitative estimate of drug-likeness (QED) is 0.218. The van der Waals surface area contributed by atoms with E-state index in [1.165, 1.54) is 0 Å². The Labute approximate surface area is 144 Å². The van der Waals surface area contributed by atoms with Gasteiger partial charge in [-0.25, -0.2) is 9.59 Å². The van der Waals surface area contributed by atoms with Crippen LogP contribution in [0.3, 0.4) is 0 Å². The lowest BCUT2D eigenvalue weighted by Crippen LogP contribution is -2.19. The van der Waals surface area contributed by atoms with Crippen molar-refractivity contribution >= 4 is 11.9 Å². The Balaban J connectivity index is 3.32. The third kappa shape index (κ3) is 11.8. The molecule has 0 bridgehead atoms. The van der Waals surface area contributed by atoms with E-state index in [-0.39, 0.29) is 18.1 Å². The van der Waals surface area contributed by atoms with Gasteiger partial charge in [0.05, 0.1) is 18.8 Å². The van der Waals surface area contributed by atoms with Gasteiger partial charge in [0, 0.05) is 5.57 Å². The van der Waals surface area contributed by atoms with Gasteiger partial charge in [0.15, 0.2) is 6.29 Å². The zero-order chi connectivity index (χ0) is 18.4. The van der Waals surface area contributed by atoms with Crippen molar-refractivity contribution in [3.05, 3.63) is 24.3 Å². The van der Waals surface area contributed by atoms with Crippen molar-refractivity contribution in [3.8, 4) is 0 Å². The van der Waals surface area contributed by atoms with Crippen LogP contribution in [0.1, 0.15) is 58.3 Å². The summed E-state index contributed by atoms with van der Waals surface area (Å²) in [5.41, 5.74) is 0.0847. The zero-order valence-electron chi connectivity index (χ0n) is 14.6. The fourth-order valence-electron chi connectivity index (χ4n) is 1.92. The van der Waals surface area contributed by atoms with Crippen LogP contribution in [-0.4, -0.2) is 41.7 Å². The van der Waals surface area contributed by atoms with Gasteiger partial charge in [-0.3, -0.25) is 0 Å². The molecular formula is C18H30O6. The molecule has 0 fully saturated rings. The monoisotopic (exact) mass is 342 g/mol. The molecule has 24 heavy (non-hydrogen) atoms. The predicted octanol–water partition coefficient (Wildman–Crippen LogP) is 2.64. The van der Waals surface area contributed by atoms with Crippen LogP contribution >= 0.6 is 0 Å². The number of carbonyl (C=O) groups excluding carboxylic acids is 2. The van der Waals surface area contributed by atoms with Gasteiger partial charge in [-0.05, 0) is 19.8 Å². The van der Waals surface area contributed by atoms with E-state index in [4.69, 9.17) is 19.7 Å². The topological polar surface area (TPSA) is 93.1 Å². The number of esters is 2. The van der Waals surface area contributed by atoms with E-state index >= 15 is 0 Å². The molecular weight excluding hydrogens is 312 g/mol. The van der Waals surface area contributed by atoms with Gasteiger partial charge in [-0.15, -0.1) is 0 Å². The van der Waals surface area contributed by atoms with Crippen LogP contribution in [0.4, 0.5) is 0 Å². The van der Waals surface area contributed by atoms with Crippen molar-refractivity contribution in [2.24, 2.45) is 0 Å². The van der Waals surface area contributed by atoms with E-state index in [0.29, 0.717) is 12.2 Å². The van der Waals surface area contributed by atoms with Crippen molar-refractivity contribution in [2.75, 3.05) is 13.2 Å². The fraction of sp³-hybridized carbons (Fsp3) is 0.667. The SMILES string of the molecule is C=C(C)C(=O)OCCCCCCCCCCOC(=O)C(=C)C(O)O. The van der Waals surface area contributed by atoms with Crippen LogP contribution in [0.15, 0.2) is 24.3 Å². The molecule has 0 atom stereocenters. The first-order valence-corrected chi connectivity index (χ1v) is 8.41. The molecule has 0 aromatic rings. The average Bonchev–Trinajstić information content (AvgIpc) is 2.54. The van der Waals surface area contributed by atoms with E-state index in [9.17, 15) is 9.59 Å². The first-order chi connectivity index (χ1) is 11.4.